The third kappa shape index (κ3) is 3.64. The Hall–Kier alpha value is -4.52. The fraction of sp³-hybridized carbons (Fsp3) is 0.250. The molecule has 1 aliphatic heterocycles. The summed E-state index contributed by atoms with van der Waals surface area (Å²) >= 11 is 0. The molecule has 0 unspecified atom stereocenters. The minimum atomic E-state index is -0.713. The average molecular weight is 522 g/mol. The zero-order valence-corrected chi connectivity index (χ0v) is 21.6. The van der Waals surface area contributed by atoms with Crippen LogP contribution in [0.5, 0.6) is 11.5 Å². The molecule has 4 aliphatic rings. The summed E-state index contributed by atoms with van der Waals surface area (Å²) in [7, 11) is 1.49. The molecule has 1 heterocycles. The van der Waals surface area contributed by atoms with Crippen molar-refractivity contribution in [3.05, 3.63) is 94.6 Å². The molecule has 4 atom stereocenters. The lowest BCUT2D eigenvalue weighted by Gasteiger charge is -2.42. The Morgan fingerprint density at radius 2 is 1.77 bits per heavy atom. The van der Waals surface area contributed by atoms with Gasteiger partial charge in [-0.2, -0.15) is 0 Å². The fourth-order valence-corrected chi connectivity index (χ4v) is 6.63. The number of benzene rings is 2. The number of carbonyl (C=O) groups excluding carboxylic acids is 4. The molecular formula is C32H27NO6. The number of aromatic hydroxyl groups is 1. The summed E-state index contributed by atoms with van der Waals surface area (Å²) < 4.78 is 5.25. The molecule has 0 spiro atoms. The van der Waals surface area contributed by atoms with Crippen LogP contribution >= 0.6 is 0 Å². The smallest absolute Gasteiger partial charge is 0.238 e. The van der Waals surface area contributed by atoms with Gasteiger partial charge in [0.2, 0.25) is 11.8 Å². The van der Waals surface area contributed by atoms with E-state index in [1.54, 1.807) is 49.4 Å². The molecule has 1 fully saturated rings. The minimum absolute atomic E-state index is 0.0694. The molecule has 2 amide bonds. The summed E-state index contributed by atoms with van der Waals surface area (Å²) in [6, 6.07) is 11.9. The van der Waals surface area contributed by atoms with E-state index in [2.05, 4.69) is 6.58 Å². The topological polar surface area (TPSA) is 101 Å². The largest absolute Gasteiger partial charge is 0.507 e. The van der Waals surface area contributed by atoms with Crippen molar-refractivity contribution in [1.29, 1.82) is 0 Å². The Labute approximate surface area is 225 Å². The van der Waals surface area contributed by atoms with Gasteiger partial charge in [0.15, 0.2) is 11.6 Å². The second-order valence-corrected chi connectivity index (χ2v) is 10.5. The van der Waals surface area contributed by atoms with Crippen LogP contribution in [0.15, 0.2) is 83.5 Å². The van der Waals surface area contributed by atoms with Crippen LogP contribution in [0.4, 0.5) is 5.69 Å². The molecule has 0 radical (unpaired) electrons. The number of hydrogen-bond acceptors (Lipinski definition) is 6. The van der Waals surface area contributed by atoms with Gasteiger partial charge in [-0.15, -0.1) is 0 Å². The molecule has 39 heavy (non-hydrogen) atoms. The van der Waals surface area contributed by atoms with Crippen molar-refractivity contribution >= 4 is 35.1 Å². The highest BCUT2D eigenvalue weighted by atomic mass is 16.5. The van der Waals surface area contributed by atoms with Gasteiger partial charge in [0, 0.05) is 34.3 Å². The zero-order valence-electron chi connectivity index (χ0n) is 21.6. The van der Waals surface area contributed by atoms with Crippen molar-refractivity contribution in [1.82, 2.24) is 0 Å². The molecule has 1 N–H and O–H groups in total. The standard InChI is InChI=1S/C32H27NO6/c1-4-17-5-7-18(8-6-17)33-31(37)22-12-11-20-23(28(22)32(33)38)15-24-25(34)13-16(2)30(36)29(24)27(20)21-10-9-19(39-3)14-26(21)35/h4-11,13-14,22-23,27-28,35H,1,12,15H2,2-3H3/t22-,23+,27+,28-/m0/s1. The number of Topliss-reactive ketones (excluding diaryl/α,β-unsaturated/α-hetero) is 1. The SMILES string of the molecule is C=Cc1ccc(N2C(=O)[C@H]3[C@H](CC=C4[C@H](c5ccc(OC)cc5O)C5=C(C[C@H]43)C(=O)C=C(C)C5=O)C2=O)cc1. The molecule has 2 aromatic carbocycles. The molecule has 2 aromatic rings. The molecular weight excluding hydrogens is 494 g/mol. The van der Waals surface area contributed by atoms with Crippen LogP contribution in [0.2, 0.25) is 0 Å². The number of nitrogens with zero attached hydrogens (tertiary/aromatic N) is 1. The minimum Gasteiger partial charge on any atom is -0.507 e. The Kier molecular flexibility index (Phi) is 5.75. The maximum Gasteiger partial charge on any atom is 0.238 e. The second-order valence-electron chi connectivity index (χ2n) is 10.5. The number of methoxy groups -OCH3 is 1. The van der Waals surface area contributed by atoms with Crippen molar-refractivity contribution in [3.63, 3.8) is 0 Å². The van der Waals surface area contributed by atoms with E-state index < -0.39 is 23.7 Å². The number of ketones is 2. The van der Waals surface area contributed by atoms with Gasteiger partial charge in [0.1, 0.15) is 11.5 Å². The van der Waals surface area contributed by atoms with Crippen molar-refractivity contribution in [2.24, 2.45) is 17.8 Å². The number of ether oxygens (including phenoxy) is 1. The van der Waals surface area contributed by atoms with E-state index in [0.717, 1.165) is 11.1 Å². The second kappa shape index (κ2) is 9.05. The number of anilines is 1. The van der Waals surface area contributed by atoms with Gasteiger partial charge in [-0.1, -0.05) is 42.5 Å². The lowest BCUT2D eigenvalue weighted by molar-refractivity contribution is -0.123. The van der Waals surface area contributed by atoms with Gasteiger partial charge in [0.05, 0.1) is 24.6 Å². The molecule has 3 aliphatic carbocycles. The maximum atomic E-state index is 13.9. The highest BCUT2D eigenvalue weighted by molar-refractivity contribution is 6.25. The first-order valence-corrected chi connectivity index (χ1v) is 12.9. The van der Waals surface area contributed by atoms with Crippen LogP contribution in [-0.2, 0) is 19.2 Å². The van der Waals surface area contributed by atoms with Gasteiger partial charge in [-0.05, 0) is 55.5 Å². The molecule has 0 saturated carbocycles. The number of fused-ring (bicyclic) bond motifs is 3. The summed E-state index contributed by atoms with van der Waals surface area (Å²) in [6.45, 7) is 5.36. The van der Waals surface area contributed by atoms with Crippen molar-refractivity contribution in [3.8, 4) is 11.5 Å². The molecule has 6 rings (SSSR count). The molecule has 0 aromatic heterocycles. The van der Waals surface area contributed by atoms with Crippen LogP contribution in [0.1, 0.15) is 36.8 Å². The molecule has 0 bridgehead atoms. The first-order valence-electron chi connectivity index (χ1n) is 12.9. The first kappa shape index (κ1) is 24.8. The van der Waals surface area contributed by atoms with Crippen LogP contribution in [0.3, 0.4) is 0 Å². The van der Waals surface area contributed by atoms with Gasteiger partial charge in [0.25, 0.3) is 0 Å². The number of phenolic OH excluding ortho intramolecular Hbond substituents is 1. The predicted molar refractivity (Wildman–Crippen MR) is 145 cm³/mol. The molecule has 7 heteroatoms. The Bertz CT molecular complexity index is 1570. The lowest BCUT2D eigenvalue weighted by Crippen LogP contribution is -2.39. The van der Waals surface area contributed by atoms with Gasteiger partial charge in [-0.3, -0.25) is 24.1 Å². The Morgan fingerprint density at radius 3 is 2.44 bits per heavy atom. The summed E-state index contributed by atoms with van der Waals surface area (Å²) in [4.78, 5) is 55.5. The number of allylic oxidation sites excluding steroid dienone is 6. The fourth-order valence-electron chi connectivity index (χ4n) is 6.63. The first-order chi connectivity index (χ1) is 18.7. The summed E-state index contributed by atoms with van der Waals surface area (Å²) in [5, 5.41) is 11.0. The summed E-state index contributed by atoms with van der Waals surface area (Å²) in [5.41, 5.74) is 3.65. The van der Waals surface area contributed by atoms with Gasteiger partial charge in [-0.25, -0.2) is 0 Å². The quantitative estimate of drug-likeness (QED) is 0.356. The van der Waals surface area contributed by atoms with E-state index in [4.69, 9.17) is 4.74 Å². The third-order valence-corrected chi connectivity index (χ3v) is 8.50. The van der Waals surface area contributed by atoms with Gasteiger partial charge >= 0.3 is 0 Å². The van der Waals surface area contributed by atoms with Crippen molar-refractivity contribution < 1.29 is 29.0 Å². The van der Waals surface area contributed by atoms with Gasteiger partial charge < -0.3 is 9.84 Å². The highest BCUT2D eigenvalue weighted by Crippen LogP contribution is 2.56. The third-order valence-electron chi connectivity index (χ3n) is 8.50. The number of imide groups is 1. The van der Waals surface area contributed by atoms with Crippen LogP contribution in [-0.4, -0.2) is 35.6 Å². The van der Waals surface area contributed by atoms with E-state index in [9.17, 15) is 24.3 Å². The number of amides is 2. The van der Waals surface area contributed by atoms with E-state index in [0.29, 0.717) is 40.1 Å². The number of rotatable bonds is 4. The van der Waals surface area contributed by atoms with Crippen molar-refractivity contribution in [2.75, 3.05) is 12.0 Å². The monoisotopic (exact) mass is 521 g/mol. The van der Waals surface area contributed by atoms with E-state index in [1.807, 2.05) is 6.08 Å². The van der Waals surface area contributed by atoms with Crippen molar-refractivity contribution in [2.45, 2.75) is 25.7 Å². The van der Waals surface area contributed by atoms with Crippen LogP contribution < -0.4 is 9.64 Å². The average Bonchev–Trinajstić information content (AvgIpc) is 3.20. The van der Waals surface area contributed by atoms with Crippen LogP contribution in [0, 0.1) is 17.8 Å². The highest BCUT2D eigenvalue weighted by Gasteiger charge is 2.56. The van der Waals surface area contributed by atoms with E-state index in [-0.39, 0.29) is 35.6 Å². The van der Waals surface area contributed by atoms with Crippen LogP contribution in [0.25, 0.3) is 6.08 Å². The number of hydrogen-bond donors (Lipinski definition) is 1. The Balaban J connectivity index is 1.48. The lowest BCUT2D eigenvalue weighted by atomic mass is 9.59. The normalized spacial score (nSPS) is 26.1. The maximum absolute atomic E-state index is 13.9. The van der Waals surface area contributed by atoms with E-state index in [1.165, 1.54) is 24.2 Å². The molecule has 7 nitrogen and oxygen atoms in total. The molecule has 1 saturated heterocycles. The molecule has 196 valence electrons. The number of carbonyl (C=O) groups is 4. The summed E-state index contributed by atoms with van der Waals surface area (Å²) in [5.74, 6) is -3.13. The number of phenols is 1. The predicted octanol–water partition coefficient (Wildman–Crippen LogP) is 4.68. The summed E-state index contributed by atoms with van der Waals surface area (Å²) in [6.07, 6.45) is 5.48. The Morgan fingerprint density at radius 1 is 1.03 bits per heavy atom. The zero-order chi connectivity index (χ0) is 27.6. The van der Waals surface area contributed by atoms with E-state index >= 15 is 0 Å².